The summed E-state index contributed by atoms with van der Waals surface area (Å²) in [6.45, 7) is 0.498. The molecular formula is C14H15NO5. The van der Waals surface area contributed by atoms with Gasteiger partial charge in [-0.3, -0.25) is 9.59 Å². The van der Waals surface area contributed by atoms with Crippen LogP contribution in [0.5, 0.6) is 11.5 Å². The zero-order valence-electron chi connectivity index (χ0n) is 10.8. The van der Waals surface area contributed by atoms with E-state index in [1.165, 1.54) is 0 Å². The SMILES string of the molecule is O=C(O)C1CCC1C(=O)NCc1cccc2c1OCO2. The standard InChI is InChI=1S/C14H15NO5/c16-13(9-4-5-10(9)14(17)18)15-6-8-2-1-3-11-12(8)20-7-19-11/h1-3,9-10H,4-7H2,(H,15,16)(H,17,18). The van der Waals surface area contributed by atoms with Crippen molar-refractivity contribution in [1.29, 1.82) is 0 Å². The van der Waals surface area contributed by atoms with Gasteiger partial charge < -0.3 is 19.9 Å². The Morgan fingerprint density at radius 3 is 2.75 bits per heavy atom. The number of carbonyl (C=O) groups is 2. The van der Waals surface area contributed by atoms with E-state index in [4.69, 9.17) is 14.6 Å². The van der Waals surface area contributed by atoms with Gasteiger partial charge >= 0.3 is 5.97 Å². The first kappa shape index (κ1) is 12.8. The number of fused-ring (bicyclic) bond motifs is 1. The van der Waals surface area contributed by atoms with E-state index in [0.717, 1.165) is 5.56 Å². The molecule has 2 N–H and O–H groups in total. The zero-order valence-corrected chi connectivity index (χ0v) is 10.8. The molecule has 0 spiro atoms. The molecule has 0 aromatic heterocycles. The average molecular weight is 277 g/mol. The first-order chi connectivity index (χ1) is 9.66. The number of amides is 1. The number of benzene rings is 1. The topological polar surface area (TPSA) is 84.9 Å². The minimum absolute atomic E-state index is 0.185. The van der Waals surface area contributed by atoms with E-state index < -0.39 is 17.8 Å². The van der Waals surface area contributed by atoms with Crippen LogP contribution < -0.4 is 14.8 Å². The number of carboxylic acids is 1. The first-order valence-electron chi connectivity index (χ1n) is 6.55. The van der Waals surface area contributed by atoms with Gasteiger partial charge in [-0.05, 0) is 18.9 Å². The summed E-state index contributed by atoms with van der Waals surface area (Å²) in [7, 11) is 0. The Kier molecular flexibility index (Phi) is 3.22. The summed E-state index contributed by atoms with van der Waals surface area (Å²) in [4.78, 5) is 22.9. The number of aliphatic carboxylic acids is 1. The second-order valence-corrected chi connectivity index (χ2v) is 5.00. The van der Waals surface area contributed by atoms with Gasteiger partial charge in [0, 0.05) is 12.1 Å². The summed E-state index contributed by atoms with van der Waals surface area (Å²) in [5.41, 5.74) is 0.833. The Morgan fingerprint density at radius 1 is 1.25 bits per heavy atom. The van der Waals surface area contributed by atoms with Crippen LogP contribution in [0.1, 0.15) is 18.4 Å². The van der Waals surface area contributed by atoms with Crippen LogP contribution in [0.3, 0.4) is 0 Å². The fourth-order valence-electron chi connectivity index (χ4n) is 2.55. The maximum absolute atomic E-state index is 12.0. The lowest BCUT2D eigenvalue weighted by molar-refractivity contribution is -0.152. The summed E-state index contributed by atoms with van der Waals surface area (Å²) in [5.74, 6) is -0.744. The molecule has 1 aromatic rings. The Balaban J connectivity index is 1.62. The molecule has 6 heteroatoms. The van der Waals surface area contributed by atoms with Crippen LogP contribution in [0.2, 0.25) is 0 Å². The van der Waals surface area contributed by atoms with Gasteiger partial charge in [0.15, 0.2) is 11.5 Å². The Labute approximate surface area is 115 Å². The highest BCUT2D eigenvalue weighted by Crippen LogP contribution is 2.36. The van der Waals surface area contributed by atoms with Crippen LogP contribution in [-0.2, 0) is 16.1 Å². The number of hydrogen-bond acceptors (Lipinski definition) is 4. The van der Waals surface area contributed by atoms with Crippen LogP contribution in [0.4, 0.5) is 0 Å². The molecule has 1 heterocycles. The monoisotopic (exact) mass is 277 g/mol. The van der Waals surface area contributed by atoms with Gasteiger partial charge in [0.05, 0.1) is 11.8 Å². The van der Waals surface area contributed by atoms with E-state index in [1.54, 1.807) is 6.07 Å². The molecular weight excluding hydrogens is 262 g/mol. The largest absolute Gasteiger partial charge is 0.481 e. The molecule has 1 amide bonds. The van der Waals surface area contributed by atoms with Crippen molar-refractivity contribution in [3.05, 3.63) is 23.8 Å². The highest BCUT2D eigenvalue weighted by molar-refractivity contribution is 5.86. The maximum Gasteiger partial charge on any atom is 0.307 e. The van der Waals surface area contributed by atoms with Crippen molar-refractivity contribution in [3.63, 3.8) is 0 Å². The number of para-hydroxylation sites is 1. The van der Waals surface area contributed by atoms with Crippen molar-refractivity contribution >= 4 is 11.9 Å². The smallest absolute Gasteiger partial charge is 0.307 e. The zero-order chi connectivity index (χ0) is 14.1. The maximum atomic E-state index is 12.0. The Morgan fingerprint density at radius 2 is 2.05 bits per heavy atom. The third-order valence-electron chi connectivity index (χ3n) is 3.86. The molecule has 1 saturated carbocycles. The lowest BCUT2D eigenvalue weighted by Crippen LogP contribution is -2.43. The van der Waals surface area contributed by atoms with Crippen molar-refractivity contribution in [1.82, 2.24) is 5.32 Å². The molecule has 2 atom stereocenters. The van der Waals surface area contributed by atoms with Gasteiger partial charge in [0.1, 0.15) is 0 Å². The van der Waals surface area contributed by atoms with Crippen molar-refractivity contribution in [2.45, 2.75) is 19.4 Å². The normalized spacial score (nSPS) is 23.0. The summed E-state index contributed by atoms with van der Waals surface area (Å²) >= 11 is 0. The highest BCUT2D eigenvalue weighted by atomic mass is 16.7. The molecule has 106 valence electrons. The van der Waals surface area contributed by atoms with Crippen LogP contribution in [0, 0.1) is 11.8 Å². The lowest BCUT2D eigenvalue weighted by atomic mass is 9.73. The summed E-state index contributed by atoms with van der Waals surface area (Å²) in [6.07, 6.45) is 1.21. The number of carbonyl (C=O) groups excluding carboxylic acids is 1. The van der Waals surface area contributed by atoms with Gasteiger partial charge in [-0.25, -0.2) is 0 Å². The molecule has 0 radical (unpaired) electrons. The lowest BCUT2D eigenvalue weighted by Gasteiger charge is -2.31. The van der Waals surface area contributed by atoms with Gasteiger partial charge in [-0.15, -0.1) is 0 Å². The molecule has 1 aliphatic carbocycles. The minimum Gasteiger partial charge on any atom is -0.481 e. The third-order valence-corrected chi connectivity index (χ3v) is 3.86. The fourth-order valence-corrected chi connectivity index (χ4v) is 2.55. The van der Waals surface area contributed by atoms with E-state index in [9.17, 15) is 9.59 Å². The third kappa shape index (κ3) is 2.17. The molecule has 20 heavy (non-hydrogen) atoms. The van der Waals surface area contributed by atoms with Crippen LogP contribution >= 0.6 is 0 Å². The number of nitrogens with one attached hydrogen (secondary N) is 1. The predicted molar refractivity (Wildman–Crippen MR) is 68.3 cm³/mol. The fraction of sp³-hybridized carbons (Fsp3) is 0.429. The summed E-state index contributed by atoms with van der Waals surface area (Å²) in [5, 5.41) is 11.7. The second kappa shape index (κ2) is 5.03. The van der Waals surface area contributed by atoms with Crippen molar-refractivity contribution in [3.8, 4) is 11.5 Å². The number of hydrogen-bond donors (Lipinski definition) is 2. The van der Waals surface area contributed by atoms with Gasteiger partial charge in [-0.1, -0.05) is 12.1 Å². The quantitative estimate of drug-likeness (QED) is 0.862. The van der Waals surface area contributed by atoms with Crippen LogP contribution in [0.25, 0.3) is 0 Å². The number of rotatable bonds is 4. The van der Waals surface area contributed by atoms with Crippen molar-refractivity contribution < 1.29 is 24.2 Å². The molecule has 1 aliphatic heterocycles. The van der Waals surface area contributed by atoms with E-state index >= 15 is 0 Å². The number of ether oxygens (including phenoxy) is 2. The first-order valence-corrected chi connectivity index (χ1v) is 6.55. The summed E-state index contributed by atoms with van der Waals surface area (Å²) < 4.78 is 10.6. The van der Waals surface area contributed by atoms with Gasteiger partial charge in [-0.2, -0.15) is 0 Å². The Bertz CT molecular complexity index is 556. The molecule has 1 fully saturated rings. The van der Waals surface area contributed by atoms with Gasteiger partial charge in [0.2, 0.25) is 12.7 Å². The van der Waals surface area contributed by atoms with Crippen molar-refractivity contribution in [2.24, 2.45) is 11.8 Å². The number of carboxylic acid groups (broad SMARTS) is 1. The predicted octanol–water partition coefficient (Wildman–Crippen LogP) is 1.14. The van der Waals surface area contributed by atoms with E-state index in [2.05, 4.69) is 5.32 Å². The van der Waals surface area contributed by atoms with Crippen LogP contribution in [-0.4, -0.2) is 23.8 Å². The van der Waals surface area contributed by atoms with E-state index in [0.29, 0.717) is 30.9 Å². The van der Waals surface area contributed by atoms with Gasteiger partial charge in [0.25, 0.3) is 0 Å². The molecule has 1 aromatic carbocycles. The van der Waals surface area contributed by atoms with Crippen molar-refractivity contribution in [2.75, 3.05) is 6.79 Å². The molecule has 2 aliphatic rings. The molecule has 0 saturated heterocycles. The molecule has 3 rings (SSSR count). The van der Waals surface area contributed by atoms with E-state index in [1.807, 2.05) is 12.1 Å². The molecule has 2 unspecified atom stereocenters. The Hall–Kier alpha value is -2.24. The molecule has 6 nitrogen and oxygen atoms in total. The second-order valence-electron chi connectivity index (χ2n) is 5.00. The molecule has 0 bridgehead atoms. The highest BCUT2D eigenvalue weighted by Gasteiger charge is 2.41. The van der Waals surface area contributed by atoms with E-state index in [-0.39, 0.29) is 12.7 Å². The average Bonchev–Trinajstić information content (AvgIpc) is 2.82. The van der Waals surface area contributed by atoms with Crippen LogP contribution in [0.15, 0.2) is 18.2 Å². The minimum atomic E-state index is -0.895. The summed E-state index contributed by atoms with van der Waals surface area (Å²) in [6, 6.07) is 5.49.